The van der Waals surface area contributed by atoms with Crippen molar-refractivity contribution in [1.82, 2.24) is 10.3 Å². The fourth-order valence-electron chi connectivity index (χ4n) is 1.45. The van der Waals surface area contributed by atoms with Crippen molar-refractivity contribution in [3.05, 3.63) is 24.5 Å². The van der Waals surface area contributed by atoms with Crippen molar-refractivity contribution in [2.45, 2.75) is 18.9 Å². The summed E-state index contributed by atoms with van der Waals surface area (Å²) in [6.07, 6.45) is 6.39. The van der Waals surface area contributed by atoms with Crippen molar-refractivity contribution in [2.24, 2.45) is 0 Å². The maximum Gasteiger partial charge on any atom is 0.0394 e. The van der Waals surface area contributed by atoms with Crippen molar-refractivity contribution in [3.63, 3.8) is 0 Å². The van der Waals surface area contributed by atoms with Gasteiger partial charge in [0.1, 0.15) is 0 Å². The average Bonchev–Trinajstić information content (AvgIpc) is 3.03. The van der Waals surface area contributed by atoms with E-state index < -0.39 is 0 Å². The summed E-state index contributed by atoms with van der Waals surface area (Å²) in [7, 11) is 2.11. The molecule has 76 valence electrons. The highest BCUT2D eigenvalue weighted by Crippen LogP contribution is 2.18. The summed E-state index contributed by atoms with van der Waals surface area (Å²) in [6.45, 7) is 2.13. The normalized spacial score (nSPS) is 15.5. The molecule has 3 nitrogen and oxygen atoms in total. The molecule has 0 atom stereocenters. The van der Waals surface area contributed by atoms with E-state index in [1.807, 2.05) is 24.5 Å². The molecule has 0 aliphatic heterocycles. The van der Waals surface area contributed by atoms with Crippen LogP contribution in [0.2, 0.25) is 0 Å². The topological polar surface area (TPSA) is 28.2 Å². The Balaban J connectivity index is 1.74. The van der Waals surface area contributed by atoms with E-state index in [0.717, 1.165) is 19.1 Å². The van der Waals surface area contributed by atoms with Crippen molar-refractivity contribution < 1.29 is 0 Å². The third-order valence-corrected chi connectivity index (χ3v) is 2.56. The van der Waals surface area contributed by atoms with Crippen molar-refractivity contribution >= 4 is 5.69 Å². The fourth-order valence-corrected chi connectivity index (χ4v) is 1.45. The van der Waals surface area contributed by atoms with Crippen LogP contribution in [0.4, 0.5) is 5.69 Å². The monoisotopic (exact) mass is 191 g/mol. The molecule has 1 aliphatic rings. The highest BCUT2D eigenvalue weighted by Gasteiger charge is 2.19. The average molecular weight is 191 g/mol. The fraction of sp³-hybridized carbons (Fsp3) is 0.545. The summed E-state index contributed by atoms with van der Waals surface area (Å²) in [5.41, 5.74) is 1.23. The van der Waals surface area contributed by atoms with Crippen LogP contribution in [0, 0.1) is 0 Å². The minimum Gasteiger partial charge on any atom is -0.373 e. The molecule has 1 N–H and O–H groups in total. The first-order valence-corrected chi connectivity index (χ1v) is 5.21. The van der Waals surface area contributed by atoms with E-state index in [-0.39, 0.29) is 0 Å². The Labute approximate surface area is 85.1 Å². The highest BCUT2D eigenvalue weighted by atomic mass is 15.1. The first-order valence-electron chi connectivity index (χ1n) is 5.21. The molecule has 0 saturated heterocycles. The summed E-state index contributed by atoms with van der Waals surface area (Å²) < 4.78 is 0. The lowest BCUT2D eigenvalue weighted by Gasteiger charge is -2.18. The van der Waals surface area contributed by atoms with E-state index in [4.69, 9.17) is 0 Å². The van der Waals surface area contributed by atoms with Gasteiger partial charge in [0.25, 0.3) is 0 Å². The zero-order valence-corrected chi connectivity index (χ0v) is 8.61. The van der Waals surface area contributed by atoms with Crippen LogP contribution in [-0.2, 0) is 0 Å². The first kappa shape index (κ1) is 9.46. The maximum absolute atomic E-state index is 4.00. The molecule has 1 fully saturated rings. The van der Waals surface area contributed by atoms with Gasteiger partial charge in [0.15, 0.2) is 0 Å². The molecule has 0 unspecified atom stereocenters. The molecule has 0 bridgehead atoms. The Morgan fingerprint density at radius 1 is 1.43 bits per heavy atom. The number of hydrogen-bond acceptors (Lipinski definition) is 3. The van der Waals surface area contributed by atoms with E-state index in [2.05, 4.69) is 22.2 Å². The van der Waals surface area contributed by atoms with E-state index in [0.29, 0.717) is 0 Å². The lowest BCUT2D eigenvalue weighted by atomic mass is 10.3. The molecule has 2 rings (SSSR count). The number of pyridine rings is 1. The predicted molar refractivity (Wildman–Crippen MR) is 58.5 cm³/mol. The van der Waals surface area contributed by atoms with Crippen LogP contribution in [0.1, 0.15) is 12.8 Å². The van der Waals surface area contributed by atoms with Crippen molar-refractivity contribution in [3.8, 4) is 0 Å². The molecule has 1 aliphatic carbocycles. The van der Waals surface area contributed by atoms with Crippen molar-refractivity contribution in [2.75, 3.05) is 25.0 Å². The second-order valence-corrected chi connectivity index (χ2v) is 3.86. The third-order valence-electron chi connectivity index (χ3n) is 2.56. The zero-order valence-electron chi connectivity index (χ0n) is 8.61. The van der Waals surface area contributed by atoms with Gasteiger partial charge in [0.05, 0.1) is 0 Å². The largest absolute Gasteiger partial charge is 0.373 e. The number of likely N-dealkylation sites (N-methyl/N-ethyl adjacent to an activating group) is 1. The number of nitrogens with one attached hydrogen (secondary N) is 1. The molecule has 1 aromatic heterocycles. The van der Waals surface area contributed by atoms with Gasteiger partial charge in [0.2, 0.25) is 0 Å². The summed E-state index contributed by atoms with van der Waals surface area (Å²) >= 11 is 0. The third kappa shape index (κ3) is 2.70. The molecule has 14 heavy (non-hydrogen) atoms. The van der Waals surface area contributed by atoms with Crippen LogP contribution >= 0.6 is 0 Å². The molecule has 0 amide bonds. The molecular formula is C11H17N3. The van der Waals surface area contributed by atoms with Gasteiger partial charge in [-0.3, -0.25) is 4.98 Å². The van der Waals surface area contributed by atoms with Crippen molar-refractivity contribution in [1.29, 1.82) is 0 Å². The van der Waals surface area contributed by atoms with E-state index in [9.17, 15) is 0 Å². The molecular weight excluding hydrogens is 174 g/mol. The lowest BCUT2D eigenvalue weighted by Crippen LogP contribution is -2.30. The number of anilines is 1. The van der Waals surface area contributed by atoms with Gasteiger partial charge in [-0.2, -0.15) is 0 Å². The van der Waals surface area contributed by atoms with Crippen LogP contribution in [0.3, 0.4) is 0 Å². The van der Waals surface area contributed by atoms with Gasteiger partial charge in [-0.1, -0.05) is 0 Å². The van der Waals surface area contributed by atoms with Gasteiger partial charge in [-0.25, -0.2) is 0 Å². The second kappa shape index (κ2) is 4.42. The van der Waals surface area contributed by atoms with Crippen LogP contribution < -0.4 is 10.2 Å². The van der Waals surface area contributed by atoms with E-state index in [1.54, 1.807) is 0 Å². The summed E-state index contributed by atoms with van der Waals surface area (Å²) in [5.74, 6) is 0. The Hall–Kier alpha value is -1.09. The SMILES string of the molecule is CN(CCNC1CC1)c1ccncc1. The molecule has 0 spiro atoms. The number of hydrogen-bond donors (Lipinski definition) is 1. The van der Waals surface area contributed by atoms with Gasteiger partial charge in [-0.05, 0) is 25.0 Å². The van der Waals surface area contributed by atoms with Gasteiger partial charge >= 0.3 is 0 Å². The molecule has 0 radical (unpaired) electrons. The molecule has 1 saturated carbocycles. The van der Waals surface area contributed by atoms with Crippen LogP contribution in [0.15, 0.2) is 24.5 Å². The van der Waals surface area contributed by atoms with Crippen LogP contribution in [0.25, 0.3) is 0 Å². The first-order chi connectivity index (χ1) is 6.86. The number of aromatic nitrogens is 1. The smallest absolute Gasteiger partial charge is 0.0394 e. The Morgan fingerprint density at radius 3 is 2.79 bits per heavy atom. The minimum atomic E-state index is 0.806. The Morgan fingerprint density at radius 2 is 2.14 bits per heavy atom. The zero-order chi connectivity index (χ0) is 9.80. The Bertz CT molecular complexity index is 269. The second-order valence-electron chi connectivity index (χ2n) is 3.86. The van der Waals surface area contributed by atoms with E-state index >= 15 is 0 Å². The molecule has 1 aromatic rings. The molecule has 0 aromatic carbocycles. The summed E-state index contributed by atoms with van der Waals surface area (Å²) in [5, 5.41) is 3.50. The minimum absolute atomic E-state index is 0.806. The number of rotatable bonds is 5. The number of nitrogens with zero attached hydrogens (tertiary/aromatic N) is 2. The molecule has 3 heteroatoms. The lowest BCUT2D eigenvalue weighted by molar-refractivity contribution is 0.675. The summed E-state index contributed by atoms with van der Waals surface area (Å²) in [6, 6.07) is 4.88. The standard InChI is InChI=1S/C11H17N3/c1-14(9-8-13-10-2-3-10)11-4-6-12-7-5-11/h4-7,10,13H,2-3,8-9H2,1H3. The van der Waals surface area contributed by atoms with Crippen LogP contribution in [-0.4, -0.2) is 31.2 Å². The highest BCUT2D eigenvalue weighted by molar-refractivity contribution is 5.43. The van der Waals surface area contributed by atoms with Gasteiger partial charge in [0, 0.05) is 44.3 Å². The quantitative estimate of drug-likeness (QED) is 0.759. The summed E-state index contributed by atoms with van der Waals surface area (Å²) in [4.78, 5) is 6.25. The maximum atomic E-state index is 4.00. The Kier molecular flexibility index (Phi) is 2.99. The van der Waals surface area contributed by atoms with Gasteiger partial charge < -0.3 is 10.2 Å². The van der Waals surface area contributed by atoms with Gasteiger partial charge in [-0.15, -0.1) is 0 Å². The van der Waals surface area contributed by atoms with E-state index in [1.165, 1.54) is 18.5 Å². The molecule has 1 heterocycles. The predicted octanol–water partition coefficient (Wildman–Crippen LogP) is 1.27. The van der Waals surface area contributed by atoms with Crippen LogP contribution in [0.5, 0.6) is 0 Å².